The molecule has 0 aromatic heterocycles. The van der Waals surface area contributed by atoms with Gasteiger partial charge in [-0.05, 0) is 19.2 Å². The minimum atomic E-state index is 0. The molecule has 1 nitrogen and oxygen atoms in total. The Labute approximate surface area is 102 Å². The molecule has 1 aromatic carbocycles. The van der Waals surface area contributed by atoms with Gasteiger partial charge < -0.3 is 5.32 Å². The van der Waals surface area contributed by atoms with Gasteiger partial charge in [0.25, 0.3) is 0 Å². The summed E-state index contributed by atoms with van der Waals surface area (Å²) in [5, 5.41) is 4.22. The van der Waals surface area contributed by atoms with Crippen LogP contribution in [0.25, 0.3) is 0 Å². The number of hydrogen-bond acceptors (Lipinski definition) is 1. The van der Waals surface area contributed by atoms with Crippen LogP contribution in [0.1, 0.15) is 5.56 Å². The molecule has 0 saturated carbocycles. The van der Waals surface area contributed by atoms with E-state index in [4.69, 9.17) is 23.2 Å². The normalized spacial score (nSPS) is 9.54. The van der Waals surface area contributed by atoms with Crippen molar-refractivity contribution in [3.05, 3.63) is 32.2 Å². The Morgan fingerprint density at radius 1 is 1.38 bits per heavy atom. The zero-order valence-electron chi connectivity index (χ0n) is 6.90. The molecule has 0 saturated heterocycles. The molecule has 0 bridgehead atoms. The van der Waals surface area contributed by atoms with E-state index in [2.05, 4.69) is 21.2 Å². The first-order valence-corrected chi connectivity index (χ1v) is 4.98. The van der Waals surface area contributed by atoms with E-state index in [1.165, 1.54) is 0 Å². The SMILES string of the molecule is CNCc1c(Br)ccc(Cl)c1Cl.Cl. The summed E-state index contributed by atoms with van der Waals surface area (Å²) in [5.41, 5.74) is 0.992. The highest BCUT2D eigenvalue weighted by Gasteiger charge is 2.07. The molecule has 1 rings (SSSR count). The lowest BCUT2D eigenvalue weighted by Gasteiger charge is -2.07. The van der Waals surface area contributed by atoms with Crippen LogP contribution in [0.2, 0.25) is 10.0 Å². The van der Waals surface area contributed by atoms with Crippen LogP contribution in [0.4, 0.5) is 0 Å². The van der Waals surface area contributed by atoms with Gasteiger partial charge in [-0.25, -0.2) is 0 Å². The van der Waals surface area contributed by atoms with Crippen LogP contribution in [0.15, 0.2) is 16.6 Å². The molecule has 0 radical (unpaired) electrons. The molecule has 5 heteroatoms. The molecule has 0 fully saturated rings. The molecule has 13 heavy (non-hydrogen) atoms. The van der Waals surface area contributed by atoms with Gasteiger partial charge in [0.05, 0.1) is 10.0 Å². The van der Waals surface area contributed by atoms with E-state index in [-0.39, 0.29) is 12.4 Å². The van der Waals surface area contributed by atoms with E-state index < -0.39 is 0 Å². The Balaban J connectivity index is 0.00000144. The lowest BCUT2D eigenvalue weighted by Crippen LogP contribution is -2.06. The molecule has 0 atom stereocenters. The van der Waals surface area contributed by atoms with Crippen LogP contribution >= 0.6 is 51.5 Å². The van der Waals surface area contributed by atoms with Crippen LogP contribution in [0.3, 0.4) is 0 Å². The van der Waals surface area contributed by atoms with E-state index in [1.807, 2.05) is 13.1 Å². The number of rotatable bonds is 2. The first-order chi connectivity index (χ1) is 5.66. The lowest BCUT2D eigenvalue weighted by atomic mass is 10.2. The predicted molar refractivity (Wildman–Crippen MR) is 64.2 cm³/mol. The third kappa shape index (κ3) is 3.30. The Morgan fingerprint density at radius 3 is 2.54 bits per heavy atom. The fourth-order valence-corrected chi connectivity index (χ4v) is 1.90. The molecule has 0 aliphatic rings. The van der Waals surface area contributed by atoms with Crippen molar-refractivity contribution in [1.82, 2.24) is 5.32 Å². The van der Waals surface area contributed by atoms with Crippen molar-refractivity contribution in [1.29, 1.82) is 0 Å². The Kier molecular flexibility index (Phi) is 6.34. The third-order valence-corrected chi connectivity index (χ3v) is 3.08. The standard InChI is InChI=1S/C8H8BrCl2N.ClH/c1-12-4-5-6(9)2-3-7(10)8(5)11;/h2-3,12H,4H2,1H3;1H. The summed E-state index contributed by atoms with van der Waals surface area (Å²) in [7, 11) is 1.86. The van der Waals surface area contributed by atoms with Crippen LogP contribution in [-0.2, 0) is 6.54 Å². The van der Waals surface area contributed by atoms with Gasteiger partial charge in [0.15, 0.2) is 0 Å². The smallest absolute Gasteiger partial charge is 0.0648 e. The fraction of sp³-hybridized carbons (Fsp3) is 0.250. The zero-order chi connectivity index (χ0) is 9.14. The van der Waals surface area contributed by atoms with E-state index in [0.717, 1.165) is 10.0 Å². The summed E-state index contributed by atoms with van der Waals surface area (Å²) >= 11 is 15.2. The van der Waals surface area contributed by atoms with Gasteiger partial charge in [0, 0.05) is 16.6 Å². The number of hydrogen-bond donors (Lipinski definition) is 1. The summed E-state index contributed by atoms with van der Waals surface area (Å²) in [4.78, 5) is 0. The lowest BCUT2D eigenvalue weighted by molar-refractivity contribution is 0.815. The molecule has 0 aliphatic heterocycles. The zero-order valence-corrected chi connectivity index (χ0v) is 10.8. The van der Waals surface area contributed by atoms with Crippen molar-refractivity contribution in [3.63, 3.8) is 0 Å². The molecule has 1 aromatic rings. The van der Waals surface area contributed by atoms with Gasteiger partial charge in [-0.1, -0.05) is 39.1 Å². The fourth-order valence-electron chi connectivity index (χ4n) is 0.908. The largest absolute Gasteiger partial charge is 0.316 e. The maximum absolute atomic E-state index is 5.98. The molecule has 0 heterocycles. The first kappa shape index (κ1) is 13.5. The minimum absolute atomic E-state index is 0. The third-order valence-electron chi connectivity index (χ3n) is 1.49. The minimum Gasteiger partial charge on any atom is -0.316 e. The molecular weight excluding hydrogens is 296 g/mol. The maximum Gasteiger partial charge on any atom is 0.0648 e. The first-order valence-electron chi connectivity index (χ1n) is 3.43. The van der Waals surface area contributed by atoms with Crippen LogP contribution < -0.4 is 5.32 Å². The highest BCUT2D eigenvalue weighted by atomic mass is 79.9. The molecule has 0 aliphatic carbocycles. The summed E-state index contributed by atoms with van der Waals surface area (Å²) in [6.45, 7) is 0.708. The number of nitrogens with one attached hydrogen (secondary N) is 1. The number of halogens is 4. The van der Waals surface area contributed by atoms with E-state index >= 15 is 0 Å². The highest BCUT2D eigenvalue weighted by Crippen LogP contribution is 2.31. The highest BCUT2D eigenvalue weighted by molar-refractivity contribution is 9.10. The second-order valence-electron chi connectivity index (χ2n) is 2.35. The molecule has 74 valence electrons. The van der Waals surface area contributed by atoms with Gasteiger partial charge in [-0.15, -0.1) is 12.4 Å². The van der Waals surface area contributed by atoms with Crippen LogP contribution in [0, 0.1) is 0 Å². The predicted octanol–water partition coefficient (Wildman–Crippen LogP) is 3.90. The van der Waals surface area contributed by atoms with Crippen molar-refractivity contribution in [3.8, 4) is 0 Å². The topological polar surface area (TPSA) is 12.0 Å². The Morgan fingerprint density at radius 2 is 2.00 bits per heavy atom. The average Bonchev–Trinajstić information content (AvgIpc) is 2.06. The molecule has 0 unspecified atom stereocenters. The molecule has 0 amide bonds. The Bertz CT molecular complexity index is 291. The Hall–Kier alpha value is 0.530. The summed E-state index contributed by atoms with van der Waals surface area (Å²) in [6, 6.07) is 3.66. The van der Waals surface area contributed by atoms with Gasteiger partial charge in [0.1, 0.15) is 0 Å². The van der Waals surface area contributed by atoms with E-state index in [9.17, 15) is 0 Å². The van der Waals surface area contributed by atoms with Gasteiger partial charge >= 0.3 is 0 Å². The molecule has 0 spiro atoms. The monoisotopic (exact) mass is 303 g/mol. The molecular formula is C8H9BrCl3N. The summed E-state index contributed by atoms with van der Waals surface area (Å²) in [6.07, 6.45) is 0. The molecule has 1 N–H and O–H groups in total. The van der Waals surface area contributed by atoms with E-state index in [1.54, 1.807) is 6.07 Å². The van der Waals surface area contributed by atoms with Crippen molar-refractivity contribution in [2.24, 2.45) is 0 Å². The van der Waals surface area contributed by atoms with Gasteiger partial charge in [-0.2, -0.15) is 0 Å². The van der Waals surface area contributed by atoms with Crippen LogP contribution in [0.5, 0.6) is 0 Å². The van der Waals surface area contributed by atoms with Crippen molar-refractivity contribution in [2.75, 3.05) is 7.05 Å². The average molecular weight is 305 g/mol. The second kappa shape index (κ2) is 6.10. The quantitative estimate of drug-likeness (QED) is 0.817. The van der Waals surface area contributed by atoms with Gasteiger partial charge in [0.2, 0.25) is 0 Å². The van der Waals surface area contributed by atoms with Crippen molar-refractivity contribution >= 4 is 51.5 Å². The summed E-state index contributed by atoms with van der Waals surface area (Å²) < 4.78 is 0.978. The van der Waals surface area contributed by atoms with E-state index in [0.29, 0.717) is 16.6 Å². The van der Waals surface area contributed by atoms with Crippen molar-refractivity contribution < 1.29 is 0 Å². The van der Waals surface area contributed by atoms with Gasteiger partial charge in [-0.3, -0.25) is 0 Å². The van der Waals surface area contributed by atoms with Crippen molar-refractivity contribution in [2.45, 2.75) is 6.54 Å². The maximum atomic E-state index is 5.98. The number of benzene rings is 1. The summed E-state index contributed by atoms with van der Waals surface area (Å²) in [5.74, 6) is 0. The van der Waals surface area contributed by atoms with Crippen LogP contribution in [-0.4, -0.2) is 7.05 Å². The second-order valence-corrected chi connectivity index (χ2v) is 3.99.